The van der Waals surface area contributed by atoms with Crippen LogP contribution in [0.2, 0.25) is 0 Å². The van der Waals surface area contributed by atoms with Crippen LogP contribution in [-0.2, 0) is 4.74 Å². The molecule has 3 nitrogen and oxygen atoms in total. The Morgan fingerprint density at radius 2 is 2.00 bits per heavy atom. The summed E-state index contributed by atoms with van der Waals surface area (Å²) in [6, 6.07) is 2.79. The summed E-state index contributed by atoms with van der Waals surface area (Å²) < 4.78 is 31.8. The summed E-state index contributed by atoms with van der Waals surface area (Å²) in [5.41, 5.74) is -0.0000718. The molecule has 2 rings (SSSR count). The molecule has 0 bridgehead atoms. The third kappa shape index (κ3) is 3.42. The van der Waals surface area contributed by atoms with E-state index in [1.54, 1.807) is 0 Å². The number of alkyl halides is 1. The molecule has 1 aliphatic rings. The van der Waals surface area contributed by atoms with Gasteiger partial charge in [0.2, 0.25) is 0 Å². The van der Waals surface area contributed by atoms with E-state index in [1.165, 1.54) is 4.90 Å². The van der Waals surface area contributed by atoms with Crippen LogP contribution >= 0.6 is 11.6 Å². The molecule has 0 radical (unpaired) electrons. The fourth-order valence-corrected chi connectivity index (χ4v) is 2.33. The van der Waals surface area contributed by atoms with Crippen LogP contribution in [0.4, 0.5) is 8.78 Å². The van der Waals surface area contributed by atoms with Gasteiger partial charge in [0.1, 0.15) is 11.6 Å². The summed E-state index contributed by atoms with van der Waals surface area (Å²) >= 11 is 5.73. The van der Waals surface area contributed by atoms with Gasteiger partial charge in [-0.1, -0.05) is 0 Å². The summed E-state index contributed by atoms with van der Waals surface area (Å²) in [4.78, 5) is 13.7. The molecule has 0 spiro atoms. The highest BCUT2D eigenvalue weighted by Crippen LogP contribution is 2.17. The number of halogens is 3. The molecule has 1 aromatic rings. The molecule has 0 saturated carbocycles. The Morgan fingerprint density at radius 3 is 2.58 bits per heavy atom. The van der Waals surface area contributed by atoms with Gasteiger partial charge in [0.25, 0.3) is 5.91 Å². The molecule has 2 atom stereocenters. The monoisotopic (exact) mass is 289 g/mol. The number of hydrogen-bond donors (Lipinski definition) is 0. The van der Waals surface area contributed by atoms with Crippen LogP contribution in [0.3, 0.4) is 0 Å². The summed E-state index contributed by atoms with van der Waals surface area (Å²) in [6.45, 7) is 2.53. The minimum absolute atomic E-state index is 0.0000718. The number of ether oxygens (including phenoxy) is 1. The minimum atomic E-state index is -0.765. The standard InChI is InChI=1S/C13H14ClF2NO2/c1-8-6-17(7-12(5-14)19-8)13(18)9-2-10(15)4-11(16)3-9/h2-4,8,12H,5-7H2,1H3. The van der Waals surface area contributed by atoms with Crippen LogP contribution in [0.15, 0.2) is 18.2 Å². The fourth-order valence-electron chi connectivity index (χ4n) is 2.16. The second kappa shape index (κ2) is 5.84. The average Bonchev–Trinajstić information content (AvgIpc) is 2.35. The van der Waals surface area contributed by atoms with Crippen molar-refractivity contribution in [3.8, 4) is 0 Å². The Labute approximate surface area is 115 Å². The van der Waals surface area contributed by atoms with Crippen LogP contribution < -0.4 is 0 Å². The van der Waals surface area contributed by atoms with Crippen LogP contribution in [-0.4, -0.2) is 42.0 Å². The van der Waals surface area contributed by atoms with Crippen molar-refractivity contribution in [1.29, 1.82) is 0 Å². The van der Waals surface area contributed by atoms with Gasteiger partial charge in [0.15, 0.2) is 0 Å². The molecule has 1 aromatic carbocycles. The van der Waals surface area contributed by atoms with Gasteiger partial charge in [-0.25, -0.2) is 8.78 Å². The normalized spacial score (nSPS) is 23.5. The molecule has 1 fully saturated rings. The van der Waals surface area contributed by atoms with E-state index in [2.05, 4.69) is 0 Å². The van der Waals surface area contributed by atoms with Crippen molar-refractivity contribution in [2.24, 2.45) is 0 Å². The second-order valence-corrected chi connectivity index (χ2v) is 4.90. The summed E-state index contributed by atoms with van der Waals surface area (Å²) in [5.74, 6) is -1.67. The molecule has 19 heavy (non-hydrogen) atoms. The Morgan fingerprint density at radius 1 is 1.37 bits per heavy atom. The van der Waals surface area contributed by atoms with Crippen molar-refractivity contribution in [3.63, 3.8) is 0 Å². The number of carbonyl (C=O) groups is 1. The smallest absolute Gasteiger partial charge is 0.254 e. The molecule has 2 unspecified atom stereocenters. The van der Waals surface area contributed by atoms with E-state index in [1.807, 2.05) is 6.92 Å². The third-order valence-corrected chi connectivity index (χ3v) is 3.24. The van der Waals surface area contributed by atoms with Crippen molar-refractivity contribution >= 4 is 17.5 Å². The predicted octanol–water partition coefficient (Wildman–Crippen LogP) is 2.43. The minimum Gasteiger partial charge on any atom is -0.370 e. The second-order valence-electron chi connectivity index (χ2n) is 4.59. The number of rotatable bonds is 2. The van der Waals surface area contributed by atoms with Crippen LogP contribution in [0.5, 0.6) is 0 Å². The zero-order valence-corrected chi connectivity index (χ0v) is 11.2. The van der Waals surface area contributed by atoms with Crippen molar-refractivity contribution in [2.45, 2.75) is 19.1 Å². The van der Waals surface area contributed by atoms with Gasteiger partial charge in [-0.3, -0.25) is 4.79 Å². The highest BCUT2D eigenvalue weighted by atomic mass is 35.5. The predicted molar refractivity (Wildman–Crippen MR) is 67.3 cm³/mol. The van der Waals surface area contributed by atoms with Gasteiger partial charge in [0, 0.05) is 24.7 Å². The Balaban J connectivity index is 2.18. The highest BCUT2D eigenvalue weighted by molar-refractivity contribution is 6.18. The van der Waals surface area contributed by atoms with Crippen LogP contribution in [0.25, 0.3) is 0 Å². The Kier molecular flexibility index (Phi) is 4.37. The van der Waals surface area contributed by atoms with Gasteiger partial charge < -0.3 is 9.64 Å². The molecule has 1 saturated heterocycles. The van der Waals surface area contributed by atoms with Gasteiger partial charge >= 0.3 is 0 Å². The van der Waals surface area contributed by atoms with Crippen molar-refractivity contribution < 1.29 is 18.3 Å². The van der Waals surface area contributed by atoms with Crippen LogP contribution in [0, 0.1) is 11.6 Å². The number of hydrogen-bond acceptors (Lipinski definition) is 2. The first kappa shape index (κ1) is 14.2. The zero-order chi connectivity index (χ0) is 14.0. The summed E-state index contributed by atoms with van der Waals surface area (Å²) in [6.07, 6.45) is -0.410. The van der Waals surface area contributed by atoms with Crippen molar-refractivity contribution in [1.82, 2.24) is 4.90 Å². The molecule has 1 amide bonds. The number of amides is 1. The summed E-state index contributed by atoms with van der Waals surface area (Å²) in [7, 11) is 0. The number of nitrogens with zero attached hydrogens (tertiary/aromatic N) is 1. The zero-order valence-electron chi connectivity index (χ0n) is 10.4. The lowest BCUT2D eigenvalue weighted by molar-refractivity contribution is -0.0570. The molecule has 6 heteroatoms. The Bertz CT molecular complexity index is 463. The average molecular weight is 290 g/mol. The van der Waals surface area contributed by atoms with Gasteiger partial charge in [-0.2, -0.15) is 0 Å². The summed E-state index contributed by atoms with van der Waals surface area (Å²) in [5, 5.41) is 0. The Hall–Kier alpha value is -1.20. The number of benzene rings is 1. The number of carbonyl (C=O) groups excluding carboxylic acids is 1. The van der Waals surface area contributed by atoms with Crippen molar-refractivity contribution in [3.05, 3.63) is 35.4 Å². The maximum atomic E-state index is 13.1. The van der Waals surface area contributed by atoms with Gasteiger partial charge in [-0.15, -0.1) is 11.6 Å². The van der Waals surface area contributed by atoms with Crippen molar-refractivity contribution in [2.75, 3.05) is 19.0 Å². The lowest BCUT2D eigenvalue weighted by atomic mass is 10.1. The quantitative estimate of drug-likeness (QED) is 0.783. The maximum absolute atomic E-state index is 13.1. The van der Waals surface area contributed by atoms with E-state index in [9.17, 15) is 13.6 Å². The lowest BCUT2D eigenvalue weighted by Gasteiger charge is -2.36. The largest absolute Gasteiger partial charge is 0.370 e. The van der Waals surface area contributed by atoms with E-state index in [-0.39, 0.29) is 23.7 Å². The van der Waals surface area contributed by atoms with E-state index < -0.39 is 17.5 Å². The van der Waals surface area contributed by atoms with E-state index in [4.69, 9.17) is 16.3 Å². The first-order chi connectivity index (χ1) is 8.99. The third-order valence-electron chi connectivity index (χ3n) is 2.90. The molecule has 0 aromatic heterocycles. The highest BCUT2D eigenvalue weighted by Gasteiger charge is 2.28. The topological polar surface area (TPSA) is 29.5 Å². The van der Waals surface area contributed by atoms with Gasteiger partial charge in [0.05, 0.1) is 18.1 Å². The van der Waals surface area contributed by atoms with E-state index in [0.29, 0.717) is 13.1 Å². The maximum Gasteiger partial charge on any atom is 0.254 e. The molecule has 1 aliphatic heterocycles. The number of morpholine rings is 1. The van der Waals surface area contributed by atoms with Crippen LogP contribution in [0.1, 0.15) is 17.3 Å². The van der Waals surface area contributed by atoms with Gasteiger partial charge in [-0.05, 0) is 19.1 Å². The first-order valence-electron chi connectivity index (χ1n) is 5.96. The van der Waals surface area contributed by atoms with E-state index in [0.717, 1.165) is 18.2 Å². The molecular formula is C13H14ClF2NO2. The lowest BCUT2D eigenvalue weighted by Crippen LogP contribution is -2.49. The SMILES string of the molecule is CC1CN(C(=O)c2cc(F)cc(F)c2)CC(CCl)O1. The molecule has 0 aliphatic carbocycles. The first-order valence-corrected chi connectivity index (χ1v) is 6.50. The molecule has 0 N–H and O–H groups in total. The fraction of sp³-hybridized carbons (Fsp3) is 0.462. The molecular weight excluding hydrogens is 276 g/mol. The molecule has 1 heterocycles. The molecule has 104 valence electrons. The van der Waals surface area contributed by atoms with E-state index >= 15 is 0 Å².